The largest absolute Gasteiger partial charge is 0.566 e. The highest BCUT2D eigenvalue weighted by atomic mass is 32.2. The molecule has 2 aliphatic rings. The lowest BCUT2D eigenvalue weighted by Crippen LogP contribution is -2.41. The molecule has 3 heterocycles. The third-order valence-electron chi connectivity index (χ3n) is 5.36. The van der Waals surface area contributed by atoms with Crippen LogP contribution in [0.5, 0.6) is 5.75 Å². The fourth-order valence-corrected chi connectivity index (χ4v) is 4.52. The van der Waals surface area contributed by atoms with Gasteiger partial charge in [0.2, 0.25) is 17.5 Å². The van der Waals surface area contributed by atoms with Crippen LogP contribution in [0.3, 0.4) is 0 Å². The Hall–Kier alpha value is -2.78. The predicted molar refractivity (Wildman–Crippen MR) is 116 cm³/mol. The van der Waals surface area contributed by atoms with Crippen molar-refractivity contribution in [2.75, 3.05) is 24.4 Å². The molecule has 2 aromatic rings. The number of nitrogens with two attached hydrogens (primary N) is 1. The van der Waals surface area contributed by atoms with Gasteiger partial charge in [0.1, 0.15) is 5.75 Å². The van der Waals surface area contributed by atoms with E-state index in [1.54, 1.807) is 18.5 Å². The number of nitrogens with zero attached hydrogens (tertiary/aromatic N) is 3. The van der Waals surface area contributed by atoms with Gasteiger partial charge in [-0.3, -0.25) is 9.78 Å². The summed E-state index contributed by atoms with van der Waals surface area (Å²) in [6.07, 6.45) is 6.70. The first kappa shape index (κ1) is 20.5. The quantitative estimate of drug-likeness (QED) is 0.682. The highest BCUT2D eigenvalue weighted by Crippen LogP contribution is 2.31. The second kappa shape index (κ2) is 9.36. The Labute approximate surface area is 179 Å². The number of rotatable bonds is 6. The number of ether oxygens (including phenoxy) is 1. The molecule has 1 saturated heterocycles. The van der Waals surface area contributed by atoms with Gasteiger partial charge in [0, 0.05) is 37.8 Å². The fourth-order valence-electron chi connectivity index (χ4n) is 3.84. The zero-order chi connectivity index (χ0) is 20.9. The smallest absolute Gasteiger partial charge is 0.222 e. The molecule has 2 atom stereocenters. The molecule has 4 rings (SSSR count). The fraction of sp³-hybridized carbons (Fsp3) is 0.381. The van der Waals surface area contributed by atoms with E-state index < -0.39 is 11.5 Å². The van der Waals surface area contributed by atoms with Crippen LogP contribution in [-0.2, 0) is 22.8 Å². The number of nitrogens with one attached hydrogen (secondary N) is 1. The Morgan fingerprint density at radius 1 is 1.37 bits per heavy atom. The van der Waals surface area contributed by atoms with Crippen LogP contribution in [-0.4, -0.2) is 45.9 Å². The molecule has 1 fully saturated rings. The molecule has 2 aliphatic heterocycles. The average molecular weight is 428 g/mol. The zero-order valence-electron chi connectivity index (χ0n) is 16.6. The van der Waals surface area contributed by atoms with Crippen molar-refractivity contribution >= 4 is 29.0 Å². The Morgan fingerprint density at radius 3 is 3.10 bits per heavy atom. The molecule has 2 unspecified atom stereocenters. The number of hydrogen-bond donors (Lipinski definition) is 2. The van der Waals surface area contributed by atoms with Crippen molar-refractivity contribution in [1.29, 1.82) is 0 Å². The number of carbonyl (C=O) groups excluding carboxylic acids is 1. The minimum absolute atomic E-state index is 0.170. The van der Waals surface area contributed by atoms with E-state index in [1.807, 2.05) is 29.2 Å². The number of pyridine rings is 1. The number of fused-ring (bicyclic) bond motifs is 1. The van der Waals surface area contributed by atoms with Gasteiger partial charge in [0.15, 0.2) is 5.84 Å². The highest BCUT2D eigenvalue weighted by molar-refractivity contribution is 7.91. The Bertz CT molecular complexity index is 924. The summed E-state index contributed by atoms with van der Waals surface area (Å²) in [6.45, 7) is 1.96. The zero-order valence-corrected chi connectivity index (χ0v) is 17.4. The second-order valence-electron chi connectivity index (χ2n) is 7.53. The molecule has 0 saturated carbocycles. The van der Waals surface area contributed by atoms with E-state index in [9.17, 15) is 9.35 Å². The van der Waals surface area contributed by atoms with E-state index in [-0.39, 0.29) is 17.7 Å². The number of piperidine rings is 1. The minimum Gasteiger partial charge on any atom is -0.566 e. The summed E-state index contributed by atoms with van der Waals surface area (Å²) >= 11 is -1.56. The first-order chi connectivity index (χ1) is 14.6. The van der Waals surface area contributed by atoms with Gasteiger partial charge in [-0.1, -0.05) is 12.1 Å². The van der Waals surface area contributed by atoms with Crippen LogP contribution in [0.1, 0.15) is 30.4 Å². The molecule has 1 aromatic heterocycles. The lowest BCUT2D eigenvalue weighted by Gasteiger charge is -2.33. The van der Waals surface area contributed by atoms with Crippen LogP contribution in [0.15, 0.2) is 47.1 Å². The number of amidine groups is 1. The number of aryl methyl sites for hydroxylation is 1. The summed E-state index contributed by atoms with van der Waals surface area (Å²) < 4.78 is 24.4. The van der Waals surface area contributed by atoms with Gasteiger partial charge in [-0.25, -0.2) is 0 Å². The Balaban J connectivity index is 1.33. The van der Waals surface area contributed by atoms with E-state index in [1.165, 1.54) is 0 Å². The van der Waals surface area contributed by atoms with Gasteiger partial charge in [0.05, 0.1) is 17.9 Å². The number of hydrogen-bond acceptors (Lipinski definition) is 7. The molecule has 0 aliphatic carbocycles. The van der Waals surface area contributed by atoms with Crippen molar-refractivity contribution < 1.29 is 14.1 Å². The Kier molecular flexibility index (Phi) is 6.39. The van der Waals surface area contributed by atoms with E-state index in [0.29, 0.717) is 43.0 Å². The van der Waals surface area contributed by atoms with Crippen LogP contribution in [0, 0.1) is 5.92 Å². The van der Waals surface area contributed by atoms with E-state index >= 15 is 0 Å². The topological polar surface area (TPSA) is 116 Å². The van der Waals surface area contributed by atoms with E-state index in [4.69, 9.17) is 10.5 Å². The summed E-state index contributed by atoms with van der Waals surface area (Å²) in [5.41, 5.74) is 8.33. The number of anilines is 1. The Morgan fingerprint density at radius 2 is 2.27 bits per heavy atom. The van der Waals surface area contributed by atoms with Crippen molar-refractivity contribution in [2.45, 2.75) is 25.7 Å². The van der Waals surface area contributed by atoms with Crippen molar-refractivity contribution in [1.82, 2.24) is 9.88 Å². The molecule has 0 spiro atoms. The van der Waals surface area contributed by atoms with Crippen LogP contribution in [0.4, 0.5) is 5.69 Å². The standard InChI is InChI=1S/C21H25N5O3S/c22-21-20-17(24-30(28)25-21)6-1-7-18(20)29-14-16-5-3-11-26(13-16)19(27)9-8-15-4-2-10-23-12-15/h1-2,4,6-7,10,12,16,24H,3,5,8-9,11,13-14H2,(H2,22,25). The molecular weight excluding hydrogens is 402 g/mol. The van der Waals surface area contributed by atoms with Crippen LogP contribution in [0.25, 0.3) is 0 Å². The number of likely N-dealkylation sites (tertiary alicyclic amines) is 1. The molecule has 0 bridgehead atoms. The van der Waals surface area contributed by atoms with E-state index in [0.717, 1.165) is 24.9 Å². The maximum Gasteiger partial charge on any atom is 0.222 e. The monoisotopic (exact) mass is 427 g/mol. The van der Waals surface area contributed by atoms with Gasteiger partial charge in [-0.2, -0.15) is 4.72 Å². The molecule has 0 radical (unpaired) electrons. The first-order valence-electron chi connectivity index (χ1n) is 10.1. The summed E-state index contributed by atoms with van der Waals surface area (Å²) in [6, 6.07) is 9.34. The lowest BCUT2D eigenvalue weighted by molar-refractivity contribution is -0.133. The SMILES string of the molecule is NC1=N[S+]([O-])Nc2cccc(OCC3CCCN(C(=O)CCc4cccnc4)C3)c21. The molecule has 1 aromatic carbocycles. The van der Waals surface area contributed by atoms with Gasteiger partial charge in [-0.15, -0.1) is 0 Å². The molecule has 30 heavy (non-hydrogen) atoms. The summed E-state index contributed by atoms with van der Waals surface area (Å²) in [4.78, 5) is 18.7. The molecule has 8 nitrogen and oxygen atoms in total. The third-order valence-corrected chi connectivity index (χ3v) is 6.11. The van der Waals surface area contributed by atoms with E-state index in [2.05, 4.69) is 14.1 Å². The second-order valence-corrected chi connectivity index (χ2v) is 8.41. The molecule has 3 N–H and O–H groups in total. The van der Waals surface area contributed by atoms with Crippen molar-refractivity contribution in [3.8, 4) is 5.75 Å². The van der Waals surface area contributed by atoms with Gasteiger partial charge < -0.3 is 19.9 Å². The number of amides is 1. The molecule has 1 amide bonds. The average Bonchev–Trinajstić information content (AvgIpc) is 2.76. The maximum atomic E-state index is 12.7. The first-order valence-corrected chi connectivity index (χ1v) is 11.2. The number of carbonyl (C=O) groups is 1. The molecule has 9 heteroatoms. The summed E-state index contributed by atoms with van der Waals surface area (Å²) in [5, 5.41) is 0. The van der Waals surface area contributed by atoms with Gasteiger partial charge >= 0.3 is 0 Å². The van der Waals surface area contributed by atoms with Gasteiger partial charge in [0.25, 0.3) is 0 Å². The maximum absolute atomic E-state index is 12.7. The molecule has 158 valence electrons. The van der Waals surface area contributed by atoms with Gasteiger partial charge in [-0.05, 0) is 47.4 Å². The van der Waals surface area contributed by atoms with Crippen LogP contribution in [0.2, 0.25) is 0 Å². The molecular formula is C21H25N5O3S. The highest BCUT2D eigenvalue weighted by Gasteiger charge is 2.27. The number of aromatic nitrogens is 1. The van der Waals surface area contributed by atoms with Crippen molar-refractivity contribution in [3.63, 3.8) is 0 Å². The third kappa shape index (κ3) is 4.85. The minimum atomic E-state index is -1.56. The van der Waals surface area contributed by atoms with Crippen molar-refractivity contribution in [3.05, 3.63) is 53.9 Å². The van der Waals surface area contributed by atoms with Crippen LogP contribution < -0.4 is 15.2 Å². The van der Waals surface area contributed by atoms with Crippen molar-refractivity contribution in [2.24, 2.45) is 16.0 Å². The lowest BCUT2D eigenvalue weighted by atomic mass is 9.98. The normalized spacial score (nSPS) is 20.7. The predicted octanol–water partition coefficient (Wildman–Crippen LogP) is 2.04. The van der Waals surface area contributed by atoms with Crippen LogP contribution >= 0.6 is 0 Å². The number of benzene rings is 1. The summed E-state index contributed by atoms with van der Waals surface area (Å²) in [7, 11) is 0. The summed E-state index contributed by atoms with van der Waals surface area (Å²) in [5.74, 6) is 1.23.